The second-order valence-electron chi connectivity index (χ2n) is 4.21. The molecular weight excluding hydrogens is 246 g/mol. The normalized spacial score (nSPS) is 12.4. The molecule has 0 spiro atoms. The van der Waals surface area contributed by atoms with Crippen LogP contribution in [0.5, 0.6) is 5.75 Å². The van der Waals surface area contributed by atoms with E-state index in [2.05, 4.69) is 5.32 Å². The maximum absolute atomic E-state index is 9.66. The lowest BCUT2D eigenvalue weighted by Gasteiger charge is -2.12. The van der Waals surface area contributed by atoms with Crippen LogP contribution in [0.1, 0.15) is 5.56 Å². The van der Waals surface area contributed by atoms with Crippen molar-refractivity contribution in [3.63, 3.8) is 0 Å². The molecule has 0 bridgehead atoms. The molecule has 1 aromatic carbocycles. The molecule has 1 atom stereocenters. The highest BCUT2D eigenvalue weighted by atomic mass is 16.5. The molecule has 0 aliphatic heterocycles. The fourth-order valence-corrected chi connectivity index (χ4v) is 1.54. The average Bonchev–Trinajstić information content (AvgIpc) is 2.44. The predicted octanol–water partition coefficient (Wildman–Crippen LogP) is 0.809. The lowest BCUT2D eigenvalue weighted by atomic mass is 10.2. The molecule has 5 heteroatoms. The molecule has 0 saturated carbocycles. The highest BCUT2D eigenvalue weighted by molar-refractivity contribution is 5.26. The zero-order valence-corrected chi connectivity index (χ0v) is 11.6. The van der Waals surface area contributed by atoms with E-state index in [1.54, 1.807) is 14.2 Å². The van der Waals surface area contributed by atoms with Crippen LogP contribution in [0.3, 0.4) is 0 Å². The van der Waals surface area contributed by atoms with Gasteiger partial charge in [0.25, 0.3) is 0 Å². The molecule has 0 aromatic heterocycles. The van der Waals surface area contributed by atoms with E-state index in [1.807, 2.05) is 24.3 Å². The third-order valence-corrected chi connectivity index (χ3v) is 2.60. The van der Waals surface area contributed by atoms with Gasteiger partial charge in [-0.3, -0.25) is 0 Å². The number of aliphatic hydroxyl groups is 1. The molecule has 19 heavy (non-hydrogen) atoms. The second-order valence-corrected chi connectivity index (χ2v) is 4.21. The lowest BCUT2D eigenvalue weighted by Crippen LogP contribution is -2.32. The summed E-state index contributed by atoms with van der Waals surface area (Å²) >= 11 is 0. The van der Waals surface area contributed by atoms with Crippen LogP contribution >= 0.6 is 0 Å². The predicted molar refractivity (Wildman–Crippen MR) is 73.4 cm³/mol. The number of nitrogens with one attached hydrogen (secondary N) is 1. The average molecular weight is 269 g/mol. The van der Waals surface area contributed by atoms with Crippen molar-refractivity contribution in [2.75, 3.05) is 40.5 Å². The zero-order valence-electron chi connectivity index (χ0n) is 11.6. The lowest BCUT2D eigenvalue weighted by molar-refractivity contribution is 0.0282. The number of benzene rings is 1. The molecule has 2 N–H and O–H groups in total. The topological polar surface area (TPSA) is 60.0 Å². The van der Waals surface area contributed by atoms with Crippen LogP contribution < -0.4 is 10.1 Å². The van der Waals surface area contributed by atoms with E-state index < -0.39 is 6.10 Å². The molecule has 0 amide bonds. The van der Waals surface area contributed by atoms with E-state index in [-0.39, 0.29) is 0 Å². The highest BCUT2D eigenvalue weighted by Crippen LogP contribution is 2.11. The number of hydrogen-bond donors (Lipinski definition) is 2. The Morgan fingerprint density at radius 1 is 1.21 bits per heavy atom. The first kappa shape index (κ1) is 15.9. The van der Waals surface area contributed by atoms with E-state index in [0.29, 0.717) is 26.4 Å². The Labute approximate surface area is 114 Å². The molecule has 0 saturated heterocycles. The first-order chi connectivity index (χ1) is 9.26. The molecular formula is C14H23NO4. The monoisotopic (exact) mass is 269 g/mol. The number of aliphatic hydroxyl groups excluding tert-OH is 1. The molecule has 1 aromatic rings. The van der Waals surface area contributed by atoms with Gasteiger partial charge in [-0.05, 0) is 17.7 Å². The van der Waals surface area contributed by atoms with Crippen molar-refractivity contribution in [1.29, 1.82) is 0 Å². The molecule has 1 rings (SSSR count). The van der Waals surface area contributed by atoms with E-state index in [0.717, 1.165) is 17.9 Å². The first-order valence-electron chi connectivity index (χ1n) is 6.34. The Hall–Kier alpha value is -1.14. The number of hydrogen-bond acceptors (Lipinski definition) is 5. The summed E-state index contributed by atoms with van der Waals surface area (Å²) in [6, 6.07) is 7.67. The minimum absolute atomic E-state index is 0.312. The first-order valence-corrected chi connectivity index (χ1v) is 6.34. The molecule has 0 radical (unpaired) electrons. The van der Waals surface area contributed by atoms with Gasteiger partial charge >= 0.3 is 0 Å². The Balaban J connectivity index is 2.11. The Morgan fingerprint density at radius 3 is 2.58 bits per heavy atom. The molecule has 0 unspecified atom stereocenters. The minimum Gasteiger partial charge on any atom is -0.497 e. The second kappa shape index (κ2) is 9.75. The van der Waals surface area contributed by atoms with E-state index in [4.69, 9.17) is 14.2 Å². The SMILES string of the molecule is COCCNC[C@@H](O)COCc1ccc(OC)cc1. The van der Waals surface area contributed by atoms with Crippen LogP contribution in [0, 0.1) is 0 Å². The summed E-state index contributed by atoms with van der Waals surface area (Å²) in [5.74, 6) is 0.825. The van der Waals surface area contributed by atoms with Crippen LogP contribution in [0.4, 0.5) is 0 Å². The van der Waals surface area contributed by atoms with Gasteiger partial charge in [0.1, 0.15) is 5.75 Å². The van der Waals surface area contributed by atoms with Gasteiger partial charge in [-0.25, -0.2) is 0 Å². The highest BCUT2D eigenvalue weighted by Gasteiger charge is 2.03. The molecule has 108 valence electrons. The molecule has 5 nitrogen and oxygen atoms in total. The Morgan fingerprint density at radius 2 is 1.95 bits per heavy atom. The van der Waals surface area contributed by atoms with Crippen molar-refractivity contribution in [2.45, 2.75) is 12.7 Å². The van der Waals surface area contributed by atoms with Crippen LogP contribution in [0.15, 0.2) is 24.3 Å². The van der Waals surface area contributed by atoms with Crippen molar-refractivity contribution in [1.82, 2.24) is 5.32 Å². The third-order valence-electron chi connectivity index (χ3n) is 2.60. The Bertz CT molecular complexity index is 329. The summed E-state index contributed by atoms with van der Waals surface area (Å²) < 4.78 is 15.4. The smallest absolute Gasteiger partial charge is 0.118 e. The van der Waals surface area contributed by atoms with Gasteiger partial charge in [-0.2, -0.15) is 0 Å². The maximum atomic E-state index is 9.66. The maximum Gasteiger partial charge on any atom is 0.118 e. The van der Waals surface area contributed by atoms with Crippen molar-refractivity contribution >= 4 is 0 Å². The van der Waals surface area contributed by atoms with Gasteiger partial charge in [0.2, 0.25) is 0 Å². The largest absolute Gasteiger partial charge is 0.497 e. The van der Waals surface area contributed by atoms with Crippen LogP contribution in [-0.2, 0) is 16.1 Å². The standard InChI is InChI=1S/C14H23NO4/c1-17-8-7-15-9-13(16)11-19-10-12-3-5-14(18-2)6-4-12/h3-6,13,15-16H,7-11H2,1-2H3/t13-/m1/s1. The summed E-state index contributed by atoms with van der Waals surface area (Å²) in [5, 5.41) is 12.7. The van der Waals surface area contributed by atoms with Gasteiger partial charge in [0.05, 0.1) is 33.0 Å². The van der Waals surface area contributed by atoms with Crippen molar-refractivity contribution in [3.8, 4) is 5.75 Å². The Kier molecular flexibility index (Phi) is 8.16. The van der Waals surface area contributed by atoms with Crippen molar-refractivity contribution < 1.29 is 19.3 Å². The quantitative estimate of drug-likeness (QED) is 0.616. The molecule has 0 fully saturated rings. The minimum atomic E-state index is -0.505. The van der Waals surface area contributed by atoms with Crippen LogP contribution in [-0.4, -0.2) is 51.7 Å². The molecule has 0 aliphatic carbocycles. The summed E-state index contributed by atoms with van der Waals surface area (Å²) in [5.41, 5.74) is 1.06. The van der Waals surface area contributed by atoms with E-state index in [1.165, 1.54) is 0 Å². The third kappa shape index (κ3) is 7.12. The van der Waals surface area contributed by atoms with Crippen LogP contribution in [0.2, 0.25) is 0 Å². The van der Waals surface area contributed by atoms with Crippen molar-refractivity contribution in [2.24, 2.45) is 0 Å². The molecule has 0 aliphatic rings. The zero-order chi connectivity index (χ0) is 13.9. The summed E-state index contributed by atoms with van der Waals surface area (Å²) in [6.45, 7) is 2.67. The van der Waals surface area contributed by atoms with Gasteiger partial charge in [0, 0.05) is 20.2 Å². The number of ether oxygens (including phenoxy) is 3. The van der Waals surface area contributed by atoms with Crippen molar-refractivity contribution in [3.05, 3.63) is 29.8 Å². The summed E-state index contributed by atoms with van der Waals surface area (Å²) in [7, 11) is 3.29. The fraction of sp³-hybridized carbons (Fsp3) is 0.571. The van der Waals surface area contributed by atoms with Gasteiger partial charge in [0.15, 0.2) is 0 Å². The van der Waals surface area contributed by atoms with Gasteiger partial charge in [-0.1, -0.05) is 12.1 Å². The molecule has 0 heterocycles. The van der Waals surface area contributed by atoms with Gasteiger partial charge in [-0.15, -0.1) is 0 Å². The number of methoxy groups -OCH3 is 2. The van der Waals surface area contributed by atoms with E-state index >= 15 is 0 Å². The van der Waals surface area contributed by atoms with Crippen LogP contribution in [0.25, 0.3) is 0 Å². The fourth-order valence-electron chi connectivity index (χ4n) is 1.54. The van der Waals surface area contributed by atoms with Gasteiger partial charge < -0.3 is 24.6 Å². The number of rotatable bonds is 10. The summed E-state index contributed by atoms with van der Waals surface area (Å²) in [4.78, 5) is 0. The van der Waals surface area contributed by atoms with E-state index in [9.17, 15) is 5.11 Å². The summed E-state index contributed by atoms with van der Waals surface area (Å²) in [6.07, 6.45) is -0.505.